The largest absolute Gasteiger partial charge is 0.382 e. The summed E-state index contributed by atoms with van der Waals surface area (Å²) in [4.78, 5) is 38.5. The number of nitrogens with two attached hydrogens (primary N) is 1. The Labute approximate surface area is 195 Å². The molecule has 0 saturated heterocycles. The maximum absolute atomic E-state index is 13.8. The third-order valence-electron chi connectivity index (χ3n) is 5.60. The highest BCUT2D eigenvalue weighted by Gasteiger charge is 2.22. The Kier molecular flexibility index (Phi) is 5.86. The lowest BCUT2D eigenvalue weighted by Crippen LogP contribution is -2.30. The van der Waals surface area contributed by atoms with Gasteiger partial charge in [0, 0.05) is 25.4 Å². The van der Waals surface area contributed by atoms with Gasteiger partial charge in [0.15, 0.2) is 0 Å². The minimum atomic E-state index is -0.470. The summed E-state index contributed by atoms with van der Waals surface area (Å²) in [5.74, 6) is 0.833. The van der Waals surface area contributed by atoms with Gasteiger partial charge in [0.2, 0.25) is 5.56 Å². The lowest BCUT2D eigenvalue weighted by Gasteiger charge is -2.23. The van der Waals surface area contributed by atoms with Crippen LogP contribution in [-0.4, -0.2) is 24.1 Å². The molecular formula is C24H24N8O2. The fourth-order valence-electron chi connectivity index (χ4n) is 3.95. The zero-order valence-corrected chi connectivity index (χ0v) is 19.3. The van der Waals surface area contributed by atoms with Crippen molar-refractivity contribution in [2.24, 2.45) is 7.05 Å². The average molecular weight is 457 g/mol. The second kappa shape index (κ2) is 8.78. The van der Waals surface area contributed by atoms with Crippen LogP contribution in [-0.2, 0) is 7.05 Å². The first-order valence-electron chi connectivity index (χ1n) is 10.7. The molecule has 1 aromatic carbocycles. The summed E-state index contributed by atoms with van der Waals surface area (Å²) in [6, 6.07) is 9.99. The van der Waals surface area contributed by atoms with Crippen molar-refractivity contribution < 1.29 is 0 Å². The van der Waals surface area contributed by atoms with Crippen LogP contribution in [0.5, 0.6) is 0 Å². The van der Waals surface area contributed by atoms with Crippen molar-refractivity contribution >= 4 is 22.5 Å². The number of fused-ring (bicyclic) bond motifs is 1. The SMILES string of the molecule is CC(C)n1c([C@@H](C)Nc2ncnc(N)c2C#N)nc2cccc(-c3ccc(=O)n(C)c3)c2c1=O. The Morgan fingerprint density at radius 1 is 1.12 bits per heavy atom. The zero-order chi connectivity index (χ0) is 24.6. The first-order valence-corrected chi connectivity index (χ1v) is 10.7. The van der Waals surface area contributed by atoms with Crippen LogP contribution in [0.2, 0.25) is 0 Å². The Morgan fingerprint density at radius 3 is 2.56 bits per heavy atom. The number of nitriles is 1. The maximum Gasteiger partial charge on any atom is 0.262 e. The first-order chi connectivity index (χ1) is 16.2. The van der Waals surface area contributed by atoms with E-state index in [0.29, 0.717) is 22.3 Å². The molecule has 0 aliphatic rings. The number of pyridine rings is 1. The van der Waals surface area contributed by atoms with Gasteiger partial charge in [0.05, 0.1) is 16.9 Å². The first kappa shape index (κ1) is 22.7. The quantitative estimate of drug-likeness (QED) is 0.466. The number of nitrogens with zero attached hydrogens (tertiary/aromatic N) is 6. The molecule has 1 atom stereocenters. The highest BCUT2D eigenvalue weighted by Crippen LogP contribution is 2.28. The van der Waals surface area contributed by atoms with Crippen molar-refractivity contribution in [2.45, 2.75) is 32.9 Å². The highest BCUT2D eigenvalue weighted by atomic mass is 16.1. The molecule has 10 nitrogen and oxygen atoms in total. The van der Waals surface area contributed by atoms with Crippen molar-refractivity contribution in [3.63, 3.8) is 0 Å². The fraction of sp³-hybridized carbons (Fsp3) is 0.250. The van der Waals surface area contributed by atoms with Crippen molar-refractivity contribution in [1.82, 2.24) is 24.1 Å². The standard InChI is InChI=1S/C24H24N8O2/c1-13(2)32-23(14(3)29-22-17(10-25)21(26)27-12-28-22)30-18-7-5-6-16(20(18)24(32)34)15-8-9-19(33)31(4)11-15/h5-9,11-14H,1-4H3,(H3,26,27,28,29)/t14-/m1/s1. The van der Waals surface area contributed by atoms with E-state index in [-0.39, 0.29) is 34.4 Å². The van der Waals surface area contributed by atoms with Crippen molar-refractivity contribution in [1.29, 1.82) is 5.26 Å². The van der Waals surface area contributed by atoms with E-state index in [9.17, 15) is 14.9 Å². The second-order valence-corrected chi connectivity index (χ2v) is 8.27. The minimum Gasteiger partial charge on any atom is -0.382 e. The van der Waals surface area contributed by atoms with E-state index in [1.165, 1.54) is 17.0 Å². The van der Waals surface area contributed by atoms with Crippen molar-refractivity contribution in [3.8, 4) is 17.2 Å². The lowest BCUT2D eigenvalue weighted by molar-refractivity contribution is 0.525. The van der Waals surface area contributed by atoms with Crippen LogP contribution in [0.15, 0.2) is 52.4 Å². The number of anilines is 2. The molecule has 0 unspecified atom stereocenters. The zero-order valence-electron chi connectivity index (χ0n) is 19.3. The molecule has 10 heteroatoms. The average Bonchev–Trinajstić information content (AvgIpc) is 2.80. The predicted molar refractivity (Wildman–Crippen MR) is 130 cm³/mol. The fourth-order valence-corrected chi connectivity index (χ4v) is 3.95. The molecule has 3 N–H and O–H groups in total. The van der Waals surface area contributed by atoms with E-state index >= 15 is 0 Å². The molecule has 3 heterocycles. The van der Waals surface area contributed by atoms with E-state index in [2.05, 4.69) is 15.3 Å². The van der Waals surface area contributed by atoms with Gasteiger partial charge in [-0.3, -0.25) is 14.2 Å². The van der Waals surface area contributed by atoms with Gasteiger partial charge in [0.25, 0.3) is 5.56 Å². The van der Waals surface area contributed by atoms with Crippen LogP contribution in [0, 0.1) is 11.3 Å². The minimum absolute atomic E-state index is 0.0711. The summed E-state index contributed by atoms with van der Waals surface area (Å²) in [5, 5.41) is 13.1. The normalized spacial score (nSPS) is 12.0. The molecule has 34 heavy (non-hydrogen) atoms. The molecular weight excluding hydrogens is 432 g/mol. The van der Waals surface area contributed by atoms with Gasteiger partial charge >= 0.3 is 0 Å². The number of hydrogen-bond donors (Lipinski definition) is 2. The van der Waals surface area contributed by atoms with E-state index < -0.39 is 6.04 Å². The molecule has 0 spiro atoms. The van der Waals surface area contributed by atoms with E-state index in [1.54, 1.807) is 29.9 Å². The molecule has 0 aliphatic heterocycles. The highest BCUT2D eigenvalue weighted by molar-refractivity contribution is 5.93. The summed E-state index contributed by atoms with van der Waals surface area (Å²) in [5.41, 5.74) is 7.58. The molecule has 4 aromatic rings. The van der Waals surface area contributed by atoms with Crippen LogP contribution in [0.25, 0.3) is 22.0 Å². The van der Waals surface area contributed by atoms with E-state index in [0.717, 1.165) is 5.56 Å². The monoisotopic (exact) mass is 456 g/mol. The third-order valence-corrected chi connectivity index (χ3v) is 5.60. The number of nitrogen functional groups attached to an aromatic ring is 1. The molecule has 0 aliphatic carbocycles. The van der Waals surface area contributed by atoms with Crippen LogP contribution in [0.1, 0.15) is 44.2 Å². The van der Waals surface area contributed by atoms with Gasteiger partial charge in [-0.1, -0.05) is 12.1 Å². The number of nitrogens with one attached hydrogen (secondary N) is 1. The summed E-state index contributed by atoms with van der Waals surface area (Å²) in [6.45, 7) is 5.65. The van der Waals surface area contributed by atoms with Crippen molar-refractivity contribution in [2.75, 3.05) is 11.1 Å². The molecule has 0 bridgehead atoms. The topological polar surface area (TPSA) is 145 Å². The molecule has 0 fully saturated rings. The Morgan fingerprint density at radius 2 is 1.88 bits per heavy atom. The summed E-state index contributed by atoms with van der Waals surface area (Å²) < 4.78 is 3.10. The Hall–Kier alpha value is -4.52. The van der Waals surface area contributed by atoms with Gasteiger partial charge in [-0.15, -0.1) is 0 Å². The predicted octanol–water partition coefficient (Wildman–Crippen LogP) is 2.76. The molecule has 3 aromatic heterocycles. The maximum atomic E-state index is 13.8. The molecule has 4 rings (SSSR count). The Bertz CT molecular complexity index is 1560. The van der Waals surface area contributed by atoms with Crippen LogP contribution in [0.4, 0.5) is 11.6 Å². The van der Waals surface area contributed by atoms with Gasteiger partial charge < -0.3 is 15.6 Å². The van der Waals surface area contributed by atoms with E-state index in [4.69, 9.17) is 10.7 Å². The lowest BCUT2D eigenvalue weighted by atomic mass is 10.0. The van der Waals surface area contributed by atoms with Gasteiger partial charge in [0.1, 0.15) is 35.4 Å². The third kappa shape index (κ3) is 3.88. The van der Waals surface area contributed by atoms with Crippen LogP contribution < -0.4 is 22.2 Å². The van der Waals surface area contributed by atoms with Gasteiger partial charge in [-0.25, -0.2) is 15.0 Å². The van der Waals surface area contributed by atoms with E-state index in [1.807, 2.05) is 39.0 Å². The molecule has 0 radical (unpaired) electrons. The number of benzene rings is 1. The number of aryl methyl sites for hydroxylation is 1. The van der Waals surface area contributed by atoms with Crippen molar-refractivity contribution in [3.05, 3.63) is 75.0 Å². The second-order valence-electron chi connectivity index (χ2n) is 8.27. The summed E-state index contributed by atoms with van der Waals surface area (Å²) >= 11 is 0. The smallest absolute Gasteiger partial charge is 0.262 e. The molecule has 0 saturated carbocycles. The van der Waals surface area contributed by atoms with Gasteiger partial charge in [-0.05, 0) is 44.0 Å². The van der Waals surface area contributed by atoms with Crippen LogP contribution in [0.3, 0.4) is 0 Å². The molecule has 172 valence electrons. The Balaban J connectivity index is 1.91. The summed E-state index contributed by atoms with van der Waals surface area (Å²) in [7, 11) is 1.67. The van der Waals surface area contributed by atoms with Gasteiger partial charge in [-0.2, -0.15) is 5.26 Å². The number of hydrogen-bond acceptors (Lipinski definition) is 8. The summed E-state index contributed by atoms with van der Waals surface area (Å²) in [6.07, 6.45) is 2.98. The number of aromatic nitrogens is 5. The van der Waals surface area contributed by atoms with Crippen LogP contribution >= 0.6 is 0 Å². The molecule has 0 amide bonds. The number of rotatable bonds is 5.